The second-order valence-electron chi connectivity index (χ2n) is 3.23. The Morgan fingerprint density at radius 2 is 1.65 bits per heavy atom. The largest absolute Gasteiger partial charge is 0.497 e. The molecule has 0 aliphatic heterocycles. The van der Waals surface area contributed by atoms with E-state index in [9.17, 15) is 9.59 Å². The summed E-state index contributed by atoms with van der Waals surface area (Å²) in [5, 5.41) is 0. The number of esters is 1. The van der Waals surface area contributed by atoms with Crippen molar-refractivity contribution in [3.8, 4) is 5.75 Å². The lowest BCUT2D eigenvalue weighted by atomic mass is 10.1. The zero-order valence-electron chi connectivity index (χ0n) is 9.93. The van der Waals surface area contributed by atoms with Gasteiger partial charge in [-0.2, -0.15) is 0 Å². The van der Waals surface area contributed by atoms with Crippen LogP contribution < -0.4 is 4.74 Å². The van der Waals surface area contributed by atoms with Gasteiger partial charge in [0.05, 0.1) is 14.2 Å². The molecule has 1 unspecified atom stereocenters. The van der Waals surface area contributed by atoms with Crippen LogP contribution in [0.15, 0.2) is 24.3 Å². The molecular formula is C12H14O5. The summed E-state index contributed by atoms with van der Waals surface area (Å²) in [5.74, 6) is -0.524. The number of hydrogen-bond acceptors (Lipinski definition) is 5. The number of rotatable bonds is 5. The van der Waals surface area contributed by atoms with Gasteiger partial charge in [-0.15, -0.1) is 0 Å². The molecule has 1 aromatic carbocycles. The van der Waals surface area contributed by atoms with E-state index in [0.717, 1.165) is 0 Å². The Bertz CT molecular complexity index is 396. The van der Waals surface area contributed by atoms with Crippen molar-refractivity contribution in [3.05, 3.63) is 29.8 Å². The smallest absolute Gasteiger partial charge is 0.343 e. The number of carbonyl (C=O) groups excluding carboxylic acids is 2. The predicted octanol–water partition coefficient (Wildman–Crippen LogP) is 1.07. The first-order valence-electron chi connectivity index (χ1n) is 4.93. The van der Waals surface area contributed by atoms with Gasteiger partial charge in [0.25, 0.3) is 0 Å². The van der Waals surface area contributed by atoms with E-state index in [1.807, 2.05) is 0 Å². The molecule has 0 amide bonds. The van der Waals surface area contributed by atoms with E-state index in [0.29, 0.717) is 11.3 Å². The average molecular weight is 238 g/mol. The van der Waals surface area contributed by atoms with Crippen LogP contribution in [0.3, 0.4) is 0 Å². The maximum atomic E-state index is 11.9. The molecule has 0 spiro atoms. The highest BCUT2D eigenvalue weighted by molar-refractivity contribution is 6.11. The zero-order chi connectivity index (χ0) is 12.8. The fraction of sp³-hybridized carbons (Fsp3) is 0.333. The van der Waals surface area contributed by atoms with Crippen LogP contribution >= 0.6 is 0 Å². The summed E-state index contributed by atoms with van der Waals surface area (Å²) in [4.78, 5) is 23.2. The van der Waals surface area contributed by atoms with E-state index in [1.165, 1.54) is 21.3 Å². The Labute approximate surface area is 99.3 Å². The van der Waals surface area contributed by atoms with Crippen molar-refractivity contribution in [2.45, 2.75) is 6.10 Å². The van der Waals surface area contributed by atoms with E-state index < -0.39 is 17.9 Å². The van der Waals surface area contributed by atoms with Gasteiger partial charge in [0.1, 0.15) is 5.75 Å². The van der Waals surface area contributed by atoms with E-state index in [2.05, 4.69) is 4.74 Å². The molecule has 1 atom stereocenters. The third-order valence-corrected chi connectivity index (χ3v) is 2.26. The van der Waals surface area contributed by atoms with Crippen molar-refractivity contribution in [3.63, 3.8) is 0 Å². The molecule has 1 rings (SSSR count). The van der Waals surface area contributed by atoms with Crippen molar-refractivity contribution >= 4 is 11.8 Å². The first-order valence-corrected chi connectivity index (χ1v) is 4.93. The molecule has 0 N–H and O–H groups in total. The monoisotopic (exact) mass is 238 g/mol. The minimum Gasteiger partial charge on any atom is -0.497 e. The lowest BCUT2D eigenvalue weighted by molar-refractivity contribution is -0.149. The van der Waals surface area contributed by atoms with Crippen LogP contribution in [0.2, 0.25) is 0 Å². The van der Waals surface area contributed by atoms with Crippen LogP contribution in [0, 0.1) is 0 Å². The third-order valence-electron chi connectivity index (χ3n) is 2.26. The molecule has 0 saturated heterocycles. The summed E-state index contributed by atoms with van der Waals surface area (Å²) in [7, 11) is 4.02. The Kier molecular flexibility index (Phi) is 4.66. The quantitative estimate of drug-likeness (QED) is 0.436. The number of benzene rings is 1. The predicted molar refractivity (Wildman–Crippen MR) is 60.1 cm³/mol. The van der Waals surface area contributed by atoms with E-state index >= 15 is 0 Å². The van der Waals surface area contributed by atoms with Gasteiger partial charge < -0.3 is 14.2 Å². The van der Waals surface area contributed by atoms with Crippen molar-refractivity contribution in [1.29, 1.82) is 0 Å². The fourth-order valence-corrected chi connectivity index (χ4v) is 1.32. The van der Waals surface area contributed by atoms with Crippen LogP contribution in [-0.4, -0.2) is 39.2 Å². The second-order valence-corrected chi connectivity index (χ2v) is 3.23. The zero-order valence-corrected chi connectivity index (χ0v) is 9.93. The van der Waals surface area contributed by atoms with Crippen molar-refractivity contribution in [1.82, 2.24) is 0 Å². The van der Waals surface area contributed by atoms with E-state index in [4.69, 9.17) is 9.47 Å². The molecule has 0 bridgehead atoms. The van der Waals surface area contributed by atoms with Gasteiger partial charge in [0.2, 0.25) is 11.9 Å². The molecule has 0 aliphatic carbocycles. The van der Waals surface area contributed by atoms with Crippen molar-refractivity contribution < 1.29 is 23.8 Å². The molecular weight excluding hydrogens is 224 g/mol. The van der Waals surface area contributed by atoms with E-state index in [1.54, 1.807) is 24.3 Å². The Hall–Kier alpha value is -1.88. The molecule has 0 aromatic heterocycles. The second kappa shape index (κ2) is 6.00. The topological polar surface area (TPSA) is 61.8 Å². The summed E-state index contributed by atoms with van der Waals surface area (Å²) in [6.07, 6.45) is -1.23. The van der Waals surface area contributed by atoms with Crippen LogP contribution in [0.1, 0.15) is 10.4 Å². The van der Waals surface area contributed by atoms with Gasteiger partial charge in [0, 0.05) is 12.7 Å². The van der Waals surface area contributed by atoms with Crippen LogP contribution in [0.25, 0.3) is 0 Å². The normalized spacial score (nSPS) is 11.7. The summed E-state index contributed by atoms with van der Waals surface area (Å²) in [6.45, 7) is 0. The molecule has 17 heavy (non-hydrogen) atoms. The standard InChI is InChI=1S/C12H14O5/c1-15-9-6-4-8(5-7-9)10(13)11(16-2)12(14)17-3/h4-7,11H,1-3H3. The number of methoxy groups -OCH3 is 3. The average Bonchev–Trinajstić information content (AvgIpc) is 2.39. The van der Waals surface area contributed by atoms with E-state index in [-0.39, 0.29) is 0 Å². The molecule has 1 aromatic rings. The van der Waals surface area contributed by atoms with Gasteiger partial charge in [-0.25, -0.2) is 4.79 Å². The highest BCUT2D eigenvalue weighted by atomic mass is 16.6. The first kappa shape index (κ1) is 13.2. The molecule has 5 heteroatoms. The fourth-order valence-electron chi connectivity index (χ4n) is 1.32. The van der Waals surface area contributed by atoms with Crippen LogP contribution in [0.5, 0.6) is 5.75 Å². The van der Waals surface area contributed by atoms with Gasteiger partial charge in [0.15, 0.2) is 0 Å². The lowest BCUT2D eigenvalue weighted by Gasteiger charge is -2.11. The number of ether oxygens (including phenoxy) is 3. The van der Waals surface area contributed by atoms with Crippen LogP contribution in [-0.2, 0) is 14.3 Å². The maximum Gasteiger partial charge on any atom is 0.343 e. The van der Waals surface area contributed by atoms with Gasteiger partial charge >= 0.3 is 5.97 Å². The highest BCUT2D eigenvalue weighted by Gasteiger charge is 2.28. The maximum absolute atomic E-state index is 11.9. The van der Waals surface area contributed by atoms with Gasteiger partial charge in [-0.05, 0) is 24.3 Å². The number of Topliss-reactive ketones (excluding diaryl/α,β-unsaturated/α-hetero) is 1. The number of hydrogen-bond donors (Lipinski definition) is 0. The lowest BCUT2D eigenvalue weighted by Crippen LogP contribution is -2.33. The minimum absolute atomic E-state index is 0.364. The third kappa shape index (κ3) is 3.04. The summed E-state index contributed by atoms with van der Waals surface area (Å²) >= 11 is 0. The summed E-state index contributed by atoms with van der Waals surface area (Å²) in [6, 6.07) is 6.40. The minimum atomic E-state index is -1.23. The molecule has 0 aliphatic rings. The molecule has 0 heterocycles. The Morgan fingerprint density at radius 1 is 1.06 bits per heavy atom. The van der Waals surface area contributed by atoms with Gasteiger partial charge in [-0.1, -0.05) is 0 Å². The molecule has 92 valence electrons. The number of ketones is 1. The Balaban J connectivity index is 2.90. The molecule has 5 nitrogen and oxygen atoms in total. The summed E-state index contributed by atoms with van der Waals surface area (Å²) in [5.41, 5.74) is 0.364. The van der Waals surface area contributed by atoms with Crippen LogP contribution in [0.4, 0.5) is 0 Å². The highest BCUT2D eigenvalue weighted by Crippen LogP contribution is 2.14. The number of carbonyl (C=O) groups is 2. The first-order chi connectivity index (χ1) is 8.13. The molecule has 0 fully saturated rings. The SMILES string of the molecule is COC(=O)C(OC)C(=O)c1ccc(OC)cc1. The summed E-state index contributed by atoms with van der Waals surface area (Å²) < 4.78 is 14.3. The molecule has 0 radical (unpaired) electrons. The van der Waals surface area contributed by atoms with Crippen molar-refractivity contribution in [2.75, 3.05) is 21.3 Å². The van der Waals surface area contributed by atoms with Crippen molar-refractivity contribution in [2.24, 2.45) is 0 Å². The van der Waals surface area contributed by atoms with Gasteiger partial charge in [-0.3, -0.25) is 4.79 Å². The Morgan fingerprint density at radius 3 is 2.06 bits per heavy atom. The molecule has 0 saturated carbocycles.